The standard InChI is InChI=1S/C13H19NO2/c1-8(15)16-13(2,3)12-6-9-4-10(12)5-11(9)7-14/h9-12H,4-6H2,1-3H3. The molecule has 0 aliphatic heterocycles. The molecule has 16 heavy (non-hydrogen) atoms. The van der Waals surface area contributed by atoms with E-state index >= 15 is 0 Å². The molecule has 4 unspecified atom stereocenters. The number of esters is 1. The number of hydrogen-bond acceptors (Lipinski definition) is 3. The molecule has 2 rings (SSSR count). The summed E-state index contributed by atoms with van der Waals surface area (Å²) < 4.78 is 5.42. The lowest BCUT2D eigenvalue weighted by Crippen LogP contribution is -2.39. The third-order valence-electron chi connectivity index (χ3n) is 4.32. The van der Waals surface area contributed by atoms with Crippen molar-refractivity contribution in [3.8, 4) is 6.07 Å². The minimum absolute atomic E-state index is 0.204. The molecule has 0 spiro atoms. The molecule has 0 saturated heterocycles. The van der Waals surface area contributed by atoms with Gasteiger partial charge >= 0.3 is 5.97 Å². The molecule has 88 valence electrons. The van der Waals surface area contributed by atoms with Crippen molar-refractivity contribution >= 4 is 5.97 Å². The number of carbonyl (C=O) groups excluding carboxylic acids is 1. The highest BCUT2D eigenvalue weighted by atomic mass is 16.6. The summed E-state index contributed by atoms with van der Waals surface area (Å²) in [5.41, 5.74) is -0.369. The van der Waals surface area contributed by atoms with E-state index in [0.29, 0.717) is 17.8 Å². The Morgan fingerprint density at radius 1 is 1.31 bits per heavy atom. The molecule has 0 heterocycles. The fourth-order valence-electron chi connectivity index (χ4n) is 3.73. The lowest BCUT2D eigenvalue weighted by Gasteiger charge is -2.37. The van der Waals surface area contributed by atoms with Crippen molar-refractivity contribution in [2.45, 2.75) is 45.6 Å². The van der Waals surface area contributed by atoms with Gasteiger partial charge in [-0.3, -0.25) is 4.79 Å². The van der Waals surface area contributed by atoms with Crippen LogP contribution in [0.1, 0.15) is 40.0 Å². The van der Waals surface area contributed by atoms with E-state index in [-0.39, 0.29) is 17.5 Å². The molecule has 4 atom stereocenters. The van der Waals surface area contributed by atoms with Gasteiger partial charge in [0.15, 0.2) is 0 Å². The summed E-state index contributed by atoms with van der Waals surface area (Å²) in [6, 6.07) is 2.40. The number of ether oxygens (including phenoxy) is 1. The zero-order valence-corrected chi connectivity index (χ0v) is 10.2. The minimum atomic E-state index is -0.369. The van der Waals surface area contributed by atoms with Crippen LogP contribution < -0.4 is 0 Å². The first kappa shape index (κ1) is 11.4. The number of carbonyl (C=O) groups is 1. The van der Waals surface area contributed by atoms with Crippen LogP contribution in [0, 0.1) is 35.0 Å². The average molecular weight is 221 g/mol. The normalized spacial score (nSPS) is 37.1. The molecule has 0 aromatic heterocycles. The number of rotatable bonds is 2. The average Bonchev–Trinajstić information content (AvgIpc) is 2.73. The fourth-order valence-corrected chi connectivity index (χ4v) is 3.73. The molecular formula is C13H19NO2. The Balaban J connectivity index is 2.05. The molecule has 2 fully saturated rings. The van der Waals surface area contributed by atoms with Gasteiger partial charge in [0.25, 0.3) is 0 Å². The highest BCUT2D eigenvalue weighted by molar-refractivity contribution is 5.66. The van der Waals surface area contributed by atoms with Crippen molar-refractivity contribution in [1.29, 1.82) is 5.26 Å². The smallest absolute Gasteiger partial charge is 0.303 e. The monoisotopic (exact) mass is 221 g/mol. The van der Waals surface area contributed by atoms with E-state index < -0.39 is 0 Å². The summed E-state index contributed by atoms with van der Waals surface area (Å²) in [6.07, 6.45) is 3.19. The van der Waals surface area contributed by atoms with E-state index in [4.69, 9.17) is 10.00 Å². The van der Waals surface area contributed by atoms with Crippen LogP contribution in [0.3, 0.4) is 0 Å². The molecule has 3 nitrogen and oxygen atoms in total. The zero-order chi connectivity index (χ0) is 11.9. The summed E-state index contributed by atoms with van der Waals surface area (Å²) in [5, 5.41) is 8.99. The Morgan fingerprint density at radius 3 is 2.44 bits per heavy atom. The van der Waals surface area contributed by atoms with Gasteiger partial charge in [-0.25, -0.2) is 0 Å². The number of nitrogens with zero attached hydrogens (tertiary/aromatic N) is 1. The Labute approximate surface area is 96.8 Å². The third kappa shape index (κ3) is 1.81. The van der Waals surface area contributed by atoms with Gasteiger partial charge in [0.05, 0.1) is 6.07 Å². The van der Waals surface area contributed by atoms with Gasteiger partial charge in [-0.05, 0) is 44.9 Å². The molecule has 0 N–H and O–H groups in total. The van der Waals surface area contributed by atoms with Crippen LogP contribution in [-0.4, -0.2) is 11.6 Å². The lowest BCUT2D eigenvalue weighted by molar-refractivity contribution is -0.161. The van der Waals surface area contributed by atoms with Gasteiger partial charge in [-0.15, -0.1) is 0 Å². The second-order valence-corrected chi connectivity index (χ2v) is 5.77. The van der Waals surface area contributed by atoms with Crippen LogP contribution in [0.25, 0.3) is 0 Å². The third-order valence-corrected chi connectivity index (χ3v) is 4.32. The largest absolute Gasteiger partial charge is 0.460 e. The van der Waals surface area contributed by atoms with Gasteiger partial charge < -0.3 is 4.74 Å². The molecule has 0 amide bonds. The van der Waals surface area contributed by atoms with Crippen LogP contribution in [0.4, 0.5) is 0 Å². The van der Waals surface area contributed by atoms with E-state index in [1.807, 2.05) is 13.8 Å². The van der Waals surface area contributed by atoms with Gasteiger partial charge in [0.1, 0.15) is 5.60 Å². The lowest BCUT2D eigenvalue weighted by atomic mass is 9.75. The van der Waals surface area contributed by atoms with E-state index in [1.54, 1.807) is 0 Å². The van der Waals surface area contributed by atoms with Crippen LogP contribution in [0.15, 0.2) is 0 Å². The van der Waals surface area contributed by atoms with Crippen LogP contribution in [0.5, 0.6) is 0 Å². The minimum Gasteiger partial charge on any atom is -0.460 e. The van der Waals surface area contributed by atoms with E-state index in [9.17, 15) is 4.79 Å². The molecule has 2 bridgehead atoms. The molecule has 0 aromatic rings. The van der Waals surface area contributed by atoms with Crippen LogP contribution in [0.2, 0.25) is 0 Å². The second-order valence-electron chi connectivity index (χ2n) is 5.77. The zero-order valence-electron chi connectivity index (χ0n) is 10.2. The van der Waals surface area contributed by atoms with Crippen LogP contribution in [-0.2, 0) is 9.53 Å². The van der Waals surface area contributed by atoms with Crippen LogP contribution >= 0.6 is 0 Å². The summed E-state index contributed by atoms with van der Waals surface area (Å²) in [7, 11) is 0. The van der Waals surface area contributed by atoms with Gasteiger partial charge in [0, 0.05) is 18.8 Å². The maximum absolute atomic E-state index is 11.1. The Bertz CT molecular complexity index is 342. The van der Waals surface area contributed by atoms with Crippen molar-refractivity contribution in [2.75, 3.05) is 0 Å². The van der Waals surface area contributed by atoms with Crippen molar-refractivity contribution in [3.63, 3.8) is 0 Å². The van der Waals surface area contributed by atoms with Crippen molar-refractivity contribution in [1.82, 2.24) is 0 Å². The molecule has 2 saturated carbocycles. The fraction of sp³-hybridized carbons (Fsp3) is 0.846. The SMILES string of the molecule is CC(=O)OC(C)(C)C1CC2CC1CC2C#N. The molecule has 3 heteroatoms. The molecule has 2 aliphatic rings. The predicted octanol–water partition coefficient (Wildman–Crippen LogP) is 2.51. The van der Waals surface area contributed by atoms with Crippen molar-refractivity contribution in [3.05, 3.63) is 0 Å². The summed E-state index contributed by atoms with van der Waals surface area (Å²) >= 11 is 0. The Kier molecular flexibility index (Phi) is 2.69. The number of hydrogen-bond donors (Lipinski definition) is 0. The number of nitriles is 1. The highest BCUT2D eigenvalue weighted by Gasteiger charge is 2.52. The summed E-state index contributed by atoms with van der Waals surface area (Å²) in [4.78, 5) is 11.1. The summed E-state index contributed by atoms with van der Waals surface area (Å²) in [6.45, 7) is 5.47. The number of fused-ring (bicyclic) bond motifs is 2. The Hall–Kier alpha value is -1.04. The topological polar surface area (TPSA) is 50.1 Å². The first-order valence-corrected chi connectivity index (χ1v) is 6.03. The van der Waals surface area contributed by atoms with Gasteiger partial charge in [-0.1, -0.05) is 0 Å². The van der Waals surface area contributed by atoms with Crippen molar-refractivity contribution in [2.24, 2.45) is 23.7 Å². The molecule has 2 aliphatic carbocycles. The quantitative estimate of drug-likeness (QED) is 0.673. The second kappa shape index (κ2) is 3.76. The molecule has 0 radical (unpaired) electrons. The predicted molar refractivity (Wildman–Crippen MR) is 59.3 cm³/mol. The maximum Gasteiger partial charge on any atom is 0.303 e. The van der Waals surface area contributed by atoms with E-state index in [1.165, 1.54) is 6.92 Å². The Morgan fingerprint density at radius 2 is 2.00 bits per heavy atom. The molecular weight excluding hydrogens is 202 g/mol. The van der Waals surface area contributed by atoms with Crippen molar-refractivity contribution < 1.29 is 9.53 Å². The first-order valence-electron chi connectivity index (χ1n) is 6.03. The molecule has 0 aromatic carbocycles. The van der Waals surface area contributed by atoms with E-state index in [0.717, 1.165) is 19.3 Å². The maximum atomic E-state index is 11.1. The van der Waals surface area contributed by atoms with Gasteiger partial charge in [-0.2, -0.15) is 5.26 Å². The first-order chi connectivity index (χ1) is 7.44. The highest BCUT2D eigenvalue weighted by Crippen LogP contribution is 2.55. The summed E-state index contributed by atoms with van der Waals surface area (Å²) in [5.74, 6) is 1.59. The van der Waals surface area contributed by atoms with E-state index in [2.05, 4.69) is 6.07 Å². The van der Waals surface area contributed by atoms with Gasteiger partial charge in [0.2, 0.25) is 0 Å².